The number of amides is 2. The molecule has 2 bridgehead atoms. The van der Waals surface area contributed by atoms with Crippen molar-refractivity contribution in [1.29, 1.82) is 0 Å². The number of nitrogens with zero attached hydrogens (tertiary/aromatic N) is 2. The summed E-state index contributed by atoms with van der Waals surface area (Å²) in [5.74, 6) is 0.589. The minimum Gasteiger partial charge on any atom is -0.483 e. The number of benzene rings is 1. The van der Waals surface area contributed by atoms with Gasteiger partial charge < -0.3 is 19.3 Å². The second kappa shape index (κ2) is 8.27. The van der Waals surface area contributed by atoms with Crippen LogP contribution in [0.25, 0.3) is 0 Å². The summed E-state index contributed by atoms with van der Waals surface area (Å²) in [7, 11) is 1.63. The van der Waals surface area contributed by atoms with Crippen LogP contribution >= 0.6 is 11.6 Å². The summed E-state index contributed by atoms with van der Waals surface area (Å²) in [6.45, 7) is 3.99. The number of carbonyl (C=O) groups is 2. The van der Waals surface area contributed by atoms with Gasteiger partial charge in [-0.1, -0.05) is 11.6 Å². The smallest absolute Gasteiger partial charge is 0.260 e. The van der Waals surface area contributed by atoms with E-state index in [0.717, 1.165) is 18.4 Å². The highest BCUT2D eigenvalue weighted by Crippen LogP contribution is 2.29. The van der Waals surface area contributed by atoms with Crippen molar-refractivity contribution in [2.45, 2.75) is 25.8 Å². The van der Waals surface area contributed by atoms with E-state index in [1.165, 1.54) is 0 Å². The van der Waals surface area contributed by atoms with E-state index in [0.29, 0.717) is 37.0 Å². The minimum atomic E-state index is -0.119. The van der Waals surface area contributed by atoms with E-state index in [1.54, 1.807) is 30.2 Å². The van der Waals surface area contributed by atoms with Crippen LogP contribution < -0.4 is 4.74 Å². The minimum absolute atomic E-state index is 0.0336. The van der Waals surface area contributed by atoms with Gasteiger partial charge in [0.2, 0.25) is 5.91 Å². The van der Waals surface area contributed by atoms with Gasteiger partial charge in [-0.25, -0.2) is 0 Å². The Labute approximate surface area is 159 Å². The standard InChI is InChI=1S/C19H25ClN2O4/c1-13-9-15(20)4-6-17(13)26-12-18(23)21-10-14-3-5-16(11-21)22(19(14)24)7-8-25-2/h4,6,9,14,16H,3,5,7-8,10-12H2,1-2H3/t14-,16+/m1/s1. The molecule has 0 aromatic heterocycles. The molecule has 3 heterocycles. The van der Waals surface area contributed by atoms with Crippen molar-refractivity contribution < 1.29 is 19.1 Å². The quantitative estimate of drug-likeness (QED) is 0.758. The van der Waals surface area contributed by atoms with Gasteiger partial charge in [0.15, 0.2) is 6.61 Å². The Balaban J connectivity index is 1.62. The molecule has 0 radical (unpaired) electrons. The van der Waals surface area contributed by atoms with Crippen molar-refractivity contribution in [1.82, 2.24) is 9.80 Å². The molecule has 1 aromatic rings. The number of methoxy groups -OCH3 is 1. The van der Waals surface area contributed by atoms with Gasteiger partial charge >= 0.3 is 0 Å². The number of ether oxygens (including phenoxy) is 2. The summed E-state index contributed by atoms with van der Waals surface area (Å²) in [6.07, 6.45) is 1.77. The van der Waals surface area contributed by atoms with E-state index in [-0.39, 0.29) is 30.4 Å². The third kappa shape index (κ3) is 4.13. The van der Waals surface area contributed by atoms with Crippen molar-refractivity contribution >= 4 is 23.4 Å². The molecular formula is C19H25ClN2O4. The molecule has 4 rings (SSSR count). The van der Waals surface area contributed by atoms with Gasteiger partial charge in [0.05, 0.1) is 12.5 Å². The number of carbonyl (C=O) groups excluding carboxylic acids is 2. The number of hydrogen-bond acceptors (Lipinski definition) is 4. The maximum Gasteiger partial charge on any atom is 0.260 e. The SMILES string of the molecule is COCCN1C(=O)[C@@H]2CC[C@H]1CN(C(=O)COc1ccc(Cl)cc1C)C2. The zero-order valence-electron chi connectivity index (χ0n) is 15.2. The Morgan fingerprint density at radius 3 is 2.85 bits per heavy atom. The zero-order chi connectivity index (χ0) is 18.7. The number of halogens is 1. The first-order valence-electron chi connectivity index (χ1n) is 8.95. The molecule has 0 saturated carbocycles. The van der Waals surface area contributed by atoms with E-state index in [2.05, 4.69) is 0 Å². The first-order chi connectivity index (χ1) is 12.5. The van der Waals surface area contributed by atoms with Crippen LogP contribution in [0.2, 0.25) is 5.02 Å². The molecule has 1 aromatic carbocycles. The summed E-state index contributed by atoms with van der Waals surface area (Å²) >= 11 is 5.95. The van der Waals surface area contributed by atoms with Crippen molar-refractivity contribution in [2.75, 3.05) is 40.0 Å². The normalized spacial score (nSPS) is 22.5. The van der Waals surface area contributed by atoms with Crippen LogP contribution in [0.3, 0.4) is 0 Å². The van der Waals surface area contributed by atoms with E-state index < -0.39 is 0 Å². The summed E-state index contributed by atoms with van der Waals surface area (Å²) < 4.78 is 10.8. The molecular weight excluding hydrogens is 356 g/mol. The number of piperidine rings is 1. The summed E-state index contributed by atoms with van der Waals surface area (Å²) in [4.78, 5) is 29.0. The van der Waals surface area contributed by atoms with Gasteiger partial charge in [0, 0.05) is 37.8 Å². The zero-order valence-corrected chi connectivity index (χ0v) is 16.0. The first kappa shape index (κ1) is 19.0. The molecule has 3 aliphatic rings. The Morgan fingerprint density at radius 2 is 2.12 bits per heavy atom. The van der Waals surface area contributed by atoms with Crippen LogP contribution in [0.5, 0.6) is 5.75 Å². The van der Waals surface area contributed by atoms with Gasteiger partial charge in [0.1, 0.15) is 5.75 Å². The van der Waals surface area contributed by atoms with Gasteiger partial charge in [-0.05, 0) is 43.5 Å². The fourth-order valence-corrected chi connectivity index (χ4v) is 3.96. The monoisotopic (exact) mass is 380 g/mol. The van der Waals surface area contributed by atoms with E-state index in [1.807, 2.05) is 11.8 Å². The molecule has 26 heavy (non-hydrogen) atoms. The molecule has 2 amide bonds. The van der Waals surface area contributed by atoms with Crippen molar-refractivity contribution in [2.24, 2.45) is 5.92 Å². The lowest BCUT2D eigenvalue weighted by Crippen LogP contribution is -2.49. The van der Waals surface area contributed by atoms with Crippen LogP contribution in [0.15, 0.2) is 18.2 Å². The summed E-state index contributed by atoms with van der Waals surface area (Å²) in [6, 6.07) is 5.39. The molecule has 2 atom stereocenters. The lowest BCUT2D eigenvalue weighted by atomic mass is 9.94. The van der Waals surface area contributed by atoms with Crippen LogP contribution in [-0.2, 0) is 14.3 Å². The summed E-state index contributed by atoms with van der Waals surface area (Å²) in [5, 5.41) is 0.639. The topological polar surface area (TPSA) is 59.1 Å². The van der Waals surface area contributed by atoms with Gasteiger partial charge in [-0.2, -0.15) is 0 Å². The van der Waals surface area contributed by atoms with E-state index in [4.69, 9.17) is 21.1 Å². The largest absolute Gasteiger partial charge is 0.483 e. The predicted molar refractivity (Wildman–Crippen MR) is 98.4 cm³/mol. The lowest BCUT2D eigenvalue weighted by molar-refractivity contribution is -0.140. The first-order valence-corrected chi connectivity index (χ1v) is 9.33. The molecule has 3 saturated heterocycles. The average molecular weight is 381 g/mol. The molecule has 0 unspecified atom stereocenters. The predicted octanol–water partition coefficient (Wildman–Crippen LogP) is 2.12. The Bertz CT molecular complexity index is 682. The van der Waals surface area contributed by atoms with Gasteiger partial charge in [-0.15, -0.1) is 0 Å². The van der Waals surface area contributed by atoms with Crippen LogP contribution in [0.1, 0.15) is 18.4 Å². The highest BCUT2D eigenvalue weighted by atomic mass is 35.5. The molecule has 0 spiro atoms. The highest BCUT2D eigenvalue weighted by Gasteiger charge is 2.41. The maximum absolute atomic E-state index is 12.7. The summed E-state index contributed by atoms with van der Waals surface area (Å²) in [5.41, 5.74) is 0.891. The maximum atomic E-state index is 12.7. The van der Waals surface area contributed by atoms with Gasteiger partial charge in [0.25, 0.3) is 5.91 Å². The molecule has 0 aliphatic carbocycles. The number of fused-ring (bicyclic) bond motifs is 4. The second-order valence-electron chi connectivity index (χ2n) is 6.95. The Hall–Kier alpha value is -1.79. The van der Waals surface area contributed by atoms with Crippen molar-refractivity contribution in [3.8, 4) is 5.75 Å². The van der Waals surface area contributed by atoms with Crippen LogP contribution in [-0.4, -0.2) is 67.6 Å². The number of aryl methyl sites for hydroxylation is 1. The van der Waals surface area contributed by atoms with Crippen molar-refractivity contribution in [3.63, 3.8) is 0 Å². The molecule has 6 nitrogen and oxygen atoms in total. The average Bonchev–Trinajstić information content (AvgIpc) is 2.90. The third-order valence-electron chi connectivity index (χ3n) is 5.17. The highest BCUT2D eigenvalue weighted by molar-refractivity contribution is 6.30. The fourth-order valence-electron chi connectivity index (χ4n) is 3.73. The van der Waals surface area contributed by atoms with Crippen molar-refractivity contribution in [3.05, 3.63) is 28.8 Å². The molecule has 0 N–H and O–H groups in total. The van der Waals surface area contributed by atoms with Crippen LogP contribution in [0, 0.1) is 12.8 Å². The van der Waals surface area contributed by atoms with E-state index >= 15 is 0 Å². The van der Waals surface area contributed by atoms with E-state index in [9.17, 15) is 9.59 Å². The molecule has 7 heteroatoms. The molecule has 3 aliphatic heterocycles. The lowest BCUT2D eigenvalue weighted by Gasteiger charge is -2.35. The van der Waals surface area contributed by atoms with Gasteiger partial charge in [-0.3, -0.25) is 9.59 Å². The second-order valence-corrected chi connectivity index (χ2v) is 7.39. The number of hydrogen-bond donors (Lipinski definition) is 0. The van der Waals surface area contributed by atoms with Crippen LogP contribution in [0.4, 0.5) is 0 Å². The fraction of sp³-hybridized carbons (Fsp3) is 0.579. The molecule has 142 valence electrons. The number of rotatable bonds is 6. The third-order valence-corrected chi connectivity index (χ3v) is 5.41. The Morgan fingerprint density at radius 1 is 1.31 bits per heavy atom. The Kier molecular flexibility index (Phi) is 6.04. The molecule has 3 fully saturated rings.